The Labute approximate surface area is 157 Å². The molecule has 1 amide bonds. The van der Waals surface area contributed by atoms with Crippen LogP contribution < -0.4 is 10.1 Å². The van der Waals surface area contributed by atoms with E-state index < -0.39 is 0 Å². The fourth-order valence-corrected chi connectivity index (χ4v) is 3.61. The molecule has 1 aliphatic carbocycles. The zero-order valence-corrected chi connectivity index (χ0v) is 15.4. The van der Waals surface area contributed by atoms with Gasteiger partial charge >= 0.3 is 0 Å². The molecule has 6 nitrogen and oxygen atoms in total. The van der Waals surface area contributed by atoms with Gasteiger partial charge < -0.3 is 14.6 Å². The van der Waals surface area contributed by atoms with Gasteiger partial charge in [0.05, 0.1) is 11.6 Å². The van der Waals surface area contributed by atoms with Crippen LogP contribution in [0.3, 0.4) is 0 Å². The first kappa shape index (κ1) is 17.5. The van der Waals surface area contributed by atoms with Gasteiger partial charge in [0.1, 0.15) is 11.5 Å². The Morgan fingerprint density at radius 2 is 2.04 bits per heavy atom. The van der Waals surface area contributed by atoms with Crippen LogP contribution >= 0.6 is 0 Å². The number of benzene rings is 1. The number of fused-ring (bicyclic) bond motifs is 1. The second-order valence-electron chi connectivity index (χ2n) is 7.12. The van der Waals surface area contributed by atoms with Crippen molar-refractivity contribution < 1.29 is 14.1 Å². The van der Waals surface area contributed by atoms with Gasteiger partial charge in [-0.25, -0.2) is 0 Å². The first-order chi connectivity index (χ1) is 13.2. The van der Waals surface area contributed by atoms with E-state index in [4.69, 9.17) is 9.26 Å². The highest BCUT2D eigenvalue weighted by Crippen LogP contribution is 2.30. The van der Waals surface area contributed by atoms with E-state index in [9.17, 15) is 4.79 Å². The van der Waals surface area contributed by atoms with Crippen LogP contribution in [-0.2, 0) is 0 Å². The van der Waals surface area contributed by atoms with Crippen LogP contribution in [0.4, 0.5) is 0 Å². The minimum atomic E-state index is -0.173. The minimum absolute atomic E-state index is 0.173. The Hall–Kier alpha value is -2.89. The molecule has 0 radical (unpaired) electrons. The van der Waals surface area contributed by atoms with Crippen LogP contribution in [-0.4, -0.2) is 28.7 Å². The lowest BCUT2D eigenvalue weighted by Crippen LogP contribution is -2.33. The largest absolute Gasteiger partial charge is 0.490 e. The molecule has 4 rings (SSSR count). The minimum Gasteiger partial charge on any atom is -0.490 e. The lowest BCUT2D eigenvalue weighted by atomic mass is 9.87. The normalized spacial score (nSPS) is 19.7. The van der Waals surface area contributed by atoms with Crippen molar-refractivity contribution in [1.82, 2.24) is 15.5 Å². The molecule has 1 aliphatic rings. The Balaban J connectivity index is 1.28. The van der Waals surface area contributed by atoms with Crippen LogP contribution in [0.1, 0.15) is 41.9 Å². The predicted molar refractivity (Wildman–Crippen MR) is 102 cm³/mol. The van der Waals surface area contributed by atoms with Crippen LogP contribution in [0.5, 0.6) is 5.75 Å². The fourth-order valence-electron chi connectivity index (χ4n) is 3.61. The maximum absolute atomic E-state index is 12.1. The van der Waals surface area contributed by atoms with Crippen molar-refractivity contribution in [3.8, 4) is 5.75 Å². The zero-order valence-electron chi connectivity index (χ0n) is 15.4. The molecule has 3 aromatic rings. The highest BCUT2D eigenvalue weighted by Gasteiger charge is 2.24. The maximum Gasteiger partial charge on any atom is 0.273 e. The summed E-state index contributed by atoms with van der Waals surface area (Å²) >= 11 is 0. The number of hydrogen-bond donors (Lipinski definition) is 1. The van der Waals surface area contributed by atoms with E-state index in [1.807, 2.05) is 30.3 Å². The Bertz CT molecular complexity index is 924. The molecule has 2 heterocycles. The molecular formula is C21H23N3O3. The molecule has 27 heavy (non-hydrogen) atoms. The lowest BCUT2D eigenvalue weighted by Gasteiger charge is -2.29. The number of para-hydroxylation sites is 1. The van der Waals surface area contributed by atoms with Gasteiger partial charge in [-0.05, 0) is 56.7 Å². The number of hydrogen-bond acceptors (Lipinski definition) is 5. The Morgan fingerprint density at radius 1 is 1.22 bits per heavy atom. The van der Waals surface area contributed by atoms with Gasteiger partial charge in [0.2, 0.25) is 0 Å². The molecule has 0 bridgehead atoms. The summed E-state index contributed by atoms with van der Waals surface area (Å²) in [6.45, 7) is 2.44. The molecule has 0 saturated heterocycles. The van der Waals surface area contributed by atoms with Gasteiger partial charge in [0.25, 0.3) is 5.91 Å². The quantitative estimate of drug-likeness (QED) is 0.742. The summed E-state index contributed by atoms with van der Waals surface area (Å²) in [5.74, 6) is 1.84. The van der Waals surface area contributed by atoms with Gasteiger partial charge in [-0.1, -0.05) is 17.3 Å². The number of nitrogens with one attached hydrogen (secondary N) is 1. The van der Waals surface area contributed by atoms with E-state index in [1.54, 1.807) is 19.2 Å². The van der Waals surface area contributed by atoms with Crippen LogP contribution in [0, 0.1) is 12.8 Å². The third-order valence-corrected chi connectivity index (χ3v) is 5.11. The number of carbonyl (C=O) groups excluding carboxylic acids is 1. The van der Waals surface area contributed by atoms with E-state index >= 15 is 0 Å². The van der Waals surface area contributed by atoms with E-state index in [0.29, 0.717) is 23.9 Å². The number of carbonyl (C=O) groups is 1. The van der Waals surface area contributed by atoms with E-state index in [1.165, 1.54) is 0 Å². The number of aromatic nitrogens is 2. The summed E-state index contributed by atoms with van der Waals surface area (Å²) < 4.78 is 11.2. The highest BCUT2D eigenvalue weighted by molar-refractivity contribution is 5.92. The highest BCUT2D eigenvalue weighted by atomic mass is 16.5. The summed E-state index contributed by atoms with van der Waals surface area (Å²) in [6, 6.07) is 11.6. The topological polar surface area (TPSA) is 77.2 Å². The molecule has 0 unspecified atom stereocenters. The number of nitrogens with zero attached hydrogens (tertiary/aromatic N) is 2. The summed E-state index contributed by atoms with van der Waals surface area (Å²) in [5.41, 5.74) is 1.29. The zero-order chi connectivity index (χ0) is 18.6. The van der Waals surface area contributed by atoms with Crippen LogP contribution in [0.25, 0.3) is 10.9 Å². The number of pyridine rings is 1. The molecule has 1 aromatic carbocycles. The summed E-state index contributed by atoms with van der Waals surface area (Å²) in [5, 5.41) is 7.76. The van der Waals surface area contributed by atoms with Crippen molar-refractivity contribution in [1.29, 1.82) is 0 Å². The molecule has 2 aromatic heterocycles. The smallest absolute Gasteiger partial charge is 0.273 e. The fraction of sp³-hybridized carbons (Fsp3) is 0.381. The molecule has 0 aliphatic heterocycles. The Kier molecular flexibility index (Phi) is 5.05. The molecule has 1 N–H and O–H groups in total. The van der Waals surface area contributed by atoms with Crippen LogP contribution in [0.2, 0.25) is 0 Å². The number of amides is 1. The second-order valence-corrected chi connectivity index (χ2v) is 7.12. The average Bonchev–Trinajstić information content (AvgIpc) is 3.14. The molecule has 0 atom stereocenters. The van der Waals surface area contributed by atoms with Gasteiger partial charge in [-0.3, -0.25) is 9.78 Å². The third-order valence-electron chi connectivity index (χ3n) is 5.11. The Morgan fingerprint density at radius 3 is 2.81 bits per heavy atom. The summed E-state index contributed by atoms with van der Waals surface area (Å²) in [4.78, 5) is 16.4. The molecule has 1 saturated carbocycles. The van der Waals surface area contributed by atoms with Gasteiger partial charge in [-0.2, -0.15) is 0 Å². The monoisotopic (exact) mass is 365 g/mol. The first-order valence-corrected chi connectivity index (χ1v) is 9.41. The lowest BCUT2D eigenvalue weighted by molar-refractivity contribution is 0.0920. The predicted octanol–water partition coefficient (Wildman–Crippen LogP) is 3.90. The molecular weight excluding hydrogens is 342 g/mol. The van der Waals surface area contributed by atoms with Crippen molar-refractivity contribution in [2.75, 3.05) is 6.54 Å². The number of aryl methyl sites for hydroxylation is 1. The maximum atomic E-state index is 12.1. The van der Waals surface area contributed by atoms with Crippen molar-refractivity contribution >= 4 is 16.8 Å². The average molecular weight is 365 g/mol. The molecule has 1 fully saturated rings. The summed E-state index contributed by atoms with van der Waals surface area (Å²) in [6.07, 6.45) is 6.05. The second kappa shape index (κ2) is 7.78. The molecule has 140 valence electrons. The van der Waals surface area contributed by atoms with Gasteiger partial charge in [-0.15, -0.1) is 0 Å². The van der Waals surface area contributed by atoms with Crippen LogP contribution in [0.15, 0.2) is 47.1 Å². The van der Waals surface area contributed by atoms with Crippen molar-refractivity contribution in [2.24, 2.45) is 5.92 Å². The van der Waals surface area contributed by atoms with E-state index in [-0.39, 0.29) is 12.0 Å². The molecule has 0 spiro atoms. The standard InChI is InChI=1S/C21H23N3O3/c1-14-12-19(24-27-14)21(25)23-13-15-6-8-16(9-7-15)26-20-10-11-22-18-5-3-2-4-17(18)20/h2-5,10-12,15-16H,6-9,13H2,1H3,(H,23,25). The van der Waals surface area contributed by atoms with Gasteiger partial charge in [0, 0.05) is 24.2 Å². The van der Waals surface area contributed by atoms with Crippen molar-refractivity contribution in [3.05, 3.63) is 54.0 Å². The van der Waals surface area contributed by atoms with E-state index in [2.05, 4.69) is 15.5 Å². The third kappa shape index (κ3) is 4.10. The number of rotatable bonds is 5. The SMILES string of the molecule is Cc1cc(C(=O)NCC2CCC(Oc3ccnc4ccccc34)CC2)no1. The first-order valence-electron chi connectivity index (χ1n) is 9.41. The van der Waals surface area contributed by atoms with Gasteiger partial charge in [0.15, 0.2) is 5.69 Å². The summed E-state index contributed by atoms with van der Waals surface area (Å²) in [7, 11) is 0. The van der Waals surface area contributed by atoms with E-state index in [0.717, 1.165) is 42.3 Å². The van der Waals surface area contributed by atoms with Crippen molar-refractivity contribution in [2.45, 2.75) is 38.7 Å². The molecule has 6 heteroatoms. The number of ether oxygens (including phenoxy) is 1. The van der Waals surface area contributed by atoms with Crippen molar-refractivity contribution in [3.63, 3.8) is 0 Å².